The number of furan rings is 1. The van der Waals surface area contributed by atoms with Crippen molar-refractivity contribution in [2.75, 3.05) is 5.32 Å². The van der Waals surface area contributed by atoms with Crippen LogP contribution in [0.3, 0.4) is 0 Å². The number of hydrogen-bond donors (Lipinski definition) is 2. The monoisotopic (exact) mass is 318 g/mol. The van der Waals surface area contributed by atoms with Crippen molar-refractivity contribution in [2.24, 2.45) is 0 Å². The summed E-state index contributed by atoms with van der Waals surface area (Å²) in [4.78, 5) is 21.0. The van der Waals surface area contributed by atoms with E-state index in [9.17, 15) is 9.18 Å². The van der Waals surface area contributed by atoms with E-state index >= 15 is 0 Å². The molecule has 0 bridgehead atoms. The molecule has 2 saturated carbocycles. The molecule has 6 nitrogen and oxygen atoms in total. The van der Waals surface area contributed by atoms with Crippen LogP contribution in [0.2, 0.25) is 0 Å². The zero-order valence-electron chi connectivity index (χ0n) is 13.1. The fraction of sp³-hybridized carbons (Fsp3) is 0.562. The standard InChI is InChI=1S/C16H19FN4O2/c1-8-11(14(22)20-10-5-9(17)6-10)12-13(21-16(2)3-4-16)18-7-19-15(12)23-8/h7,9-10H,3-6H2,1-2H3,(H,20,22)(H,18,19,21). The minimum absolute atomic E-state index is 0.0234. The Labute approximate surface area is 132 Å². The van der Waals surface area contributed by atoms with Gasteiger partial charge in [-0.25, -0.2) is 14.4 Å². The smallest absolute Gasteiger partial charge is 0.255 e. The number of hydrogen-bond acceptors (Lipinski definition) is 5. The third-order valence-electron chi connectivity index (χ3n) is 4.73. The number of halogens is 1. The van der Waals surface area contributed by atoms with Gasteiger partial charge >= 0.3 is 0 Å². The van der Waals surface area contributed by atoms with E-state index in [1.807, 2.05) is 0 Å². The van der Waals surface area contributed by atoms with Crippen molar-refractivity contribution in [2.45, 2.75) is 57.3 Å². The Bertz CT molecular complexity index is 778. The molecule has 2 aliphatic rings. The van der Waals surface area contributed by atoms with Crippen LogP contribution in [0.25, 0.3) is 11.1 Å². The Morgan fingerprint density at radius 2 is 2.13 bits per heavy atom. The molecule has 7 heteroatoms. The van der Waals surface area contributed by atoms with E-state index in [0.717, 1.165) is 12.8 Å². The van der Waals surface area contributed by atoms with Crippen LogP contribution in [-0.4, -0.2) is 33.6 Å². The van der Waals surface area contributed by atoms with Gasteiger partial charge in [-0.3, -0.25) is 4.79 Å². The molecular formula is C16H19FN4O2. The number of anilines is 1. The zero-order valence-corrected chi connectivity index (χ0v) is 13.1. The lowest BCUT2D eigenvalue weighted by atomic mass is 9.90. The van der Waals surface area contributed by atoms with Gasteiger partial charge in [-0.05, 0) is 39.5 Å². The Balaban J connectivity index is 1.69. The number of carbonyl (C=O) groups is 1. The van der Waals surface area contributed by atoms with Crippen molar-refractivity contribution >= 4 is 22.8 Å². The summed E-state index contributed by atoms with van der Waals surface area (Å²) in [6.07, 6.45) is 3.51. The number of rotatable bonds is 4. The third kappa shape index (κ3) is 2.54. The summed E-state index contributed by atoms with van der Waals surface area (Å²) < 4.78 is 18.6. The molecule has 0 aromatic carbocycles. The highest BCUT2D eigenvalue weighted by molar-refractivity contribution is 6.10. The molecule has 1 amide bonds. The maximum Gasteiger partial charge on any atom is 0.255 e. The van der Waals surface area contributed by atoms with Crippen LogP contribution in [0.4, 0.5) is 10.2 Å². The highest BCUT2D eigenvalue weighted by atomic mass is 19.1. The highest BCUT2D eigenvalue weighted by Gasteiger charge is 2.39. The molecule has 2 N–H and O–H groups in total. The van der Waals surface area contributed by atoms with Gasteiger partial charge in [-0.2, -0.15) is 0 Å². The van der Waals surface area contributed by atoms with E-state index in [1.54, 1.807) is 6.92 Å². The second-order valence-corrected chi connectivity index (χ2v) is 6.86. The first-order valence-corrected chi connectivity index (χ1v) is 7.92. The van der Waals surface area contributed by atoms with Crippen LogP contribution in [0.1, 0.15) is 48.7 Å². The maximum atomic E-state index is 12.9. The summed E-state index contributed by atoms with van der Waals surface area (Å²) >= 11 is 0. The summed E-state index contributed by atoms with van der Waals surface area (Å²) in [7, 11) is 0. The molecule has 2 aromatic rings. The van der Waals surface area contributed by atoms with E-state index in [1.165, 1.54) is 6.33 Å². The van der Waals surface area contributed by atoms with Crippen molar-refractivity contribution < 1.29 is 13.6 Å². The average molecular weight is 318 g/mol. The molecule has 2 heterocycles. The summed E-state index contributed by atoms with van der Waals surface area (Å²) in [5.41, 5.74) is 0.858. The second kappa shape index (κ2) is 4.91. The molecule has 0 unspecified atom stereocenters. The van der Waals surface area contributed by atoms with Gasteiger partial charge < -0.3 is 15.1 Å². The van der Waals surface area contributed by atoms with E-state index in [0.29, 0.717) is 41.1 Å². The molecule has 0 aliphatic heterocycles. The second-order valence-electron chi connectivity index (χ2n) is 6.86. The lowest BCUT2D eigenvalue weighted by Crippen LogP contribution is -2.45. The summed E-state index contributed by atoms with van der Waals surface area (Å²) in [6.45, 7) is 3.85. The first kappa shape index (κ1) is 14.4. The van der Waals surface area contributed by atoms with Crippen LogP contribution in [-0.2, 0) is 0 Å². The summed E-state index contributed by atoms with van der Waals surface area (Å²) in [5, 5.41) is 6.85. The van der Waals surface area contributed by atoms with Crippen LogP contribution < -0.4 is 10.6 Å². The van der Waals surface area contributed by atoms with Crippen molar-refractivity contribution in [3.63, 3.8) is 0 Å². The van der Waals surface area contributed by atoms with Crippen molar-refractivity contribution in [1.29, 1.82) is 0 Å². The Morgan fingerprint density at radius 1 is 1.39 bits per heavy atom. The molecular weight excluding hydrogens is 299 g/mol. The fourth-order valence-corrected chi connectivity index (χ4v) is 2.93. The van der Waals surface area contributed by atoms with E-state index in [4.69, 9.17) is 4.42 Å². The number of aryl methyl sites for hydroxylation is 1. The lowest BCUT2D eigenvalue weighted by Gasteiger charge is -2.30. The molecule has 122 valence electrons. The van der Waals surface area contributed by atoms with E-state index in [-0.39, 0.29) is 17.5 Å². The van der Waals surface area contributed by atoms with Crippen molar-refractivity contribution in [1.82, 2.24) is 15.3 Å². The van der Waals surface area contributed by atoms with Gasteiger partial charge in [0.1, 0.15) is 24.1 Å². The molecule has 0 atom stereocenters. The van der Waals surface area contributed by atoms with Gasteiger partial charge in [-0.1, -0.05) is 0 Å². The van der Waals surface area contributed by atoms with E-state index < -0.39 is 6.17 Å². The molecule has 2 aliphatic carbocycles. The number of carbonyl (C=O) groups excluding carboxylic acids is 1. The molecule has 0 spiro atoms. The SMILES string of the molecule is Cc1oc2ncnc(NC3(C)CC3)c2c1C(=O)NC1CC(F)C1. The molecule has 2 fully saturated rings. The number of aromatic nitrogens is 2. The van der Waals surface area contributed by atoms with Gasteiger partial charge in [0.25, 0.3) is 5.91 Å². The van der Waals surface area contributed by atoms with Crippen molar-refractivity contribution in [3.05, 3.63) is 17.7 Å². The molecule has 23 heavy (non-hydrogen) atoms. The van der Waals surface area contributed by atoms with E-state index in [2.05, 4.69) is 27.5 Å². The minimum Gasteiger partial charge on any atom is -0.442 e. The van der Waals surface area contributed by atoms with Gasteiger partial charge in [0.15, 0.2) is 0 Å². The van der Waals surface area contributed by atoms with Crippen LogP contribution in [0, 0.1) is 6.92 Å². The van der Waals surface area contributed by atoms with Crippen molar-refractivity contribution in [3.8, 4) is 0 Å². The predicted molar refractivity (Wildman–Crippen MR) is 83.2 cm³/mol. The number of alkyl halides is 1. The number of amides is 1. The van der Waals surface area contributed by atoms with Gasteiger partial charge in [0.2, 0.25) is 5.71 Å². The third-order valence-corrected chi connectivity index (χ3v) is 4.73. The maximum absolute atomic E-state index is 12.9. The number of nitrogens with zero attached hydrogens (tertiary/aromatic N) is 2. The van der Waals surface area contributed by atoms with Crippen LogP contribution in [0.15, 0.2) is 10.7 Å². The Morgan fingerprint density at radius 3 is 2.78 bits per heavy atom. The van der Waals surface area contributed by atoms with Crippen LogP contribution >= 0.6 is 0 Å². The fourth-order valence-electron chi connectivity index (χ4n) is 2.93. The first-order valence-electron chi connectivity index (χ1n) is 7.92. The van der Waals surface area contributed by atoms with Gasteiger partial charge in [0, 0.05) is 11.6 Å². The number of nitrogens with one attached hydrogen (secondary N) is 2. The lowest BCUT2D eigenvalue weighted by molar-refractivity contribution is 0.0860. The minimum atomic E-state index is -0.808. The number of fused-ring (bicyclic) bond motifs is 1. The summed E-state index contributed by atoms with van der Waals surface area (Å²) in [6, 6.07) is -0.108. The quantitative estimate of drug-likeness (QED) is 0.906. The Hall–Kier alpha value is -2.18. The van der Waals surface area contributed by atoms with Gasteiger partial charge in [0.05, 0.1) is 10.9 Å². The average Bonchev–Trinajstić information content (AvgIpc) is 3.06. The summed E-state index contributed by atoms with van der Waals surface area (Å²) in [5.74, 6) is 0.865. The molecule has 0 radical (unpaired) electrons. The molecule has 4 rings (SSSR count). The zero-order chi connectivity index (χ0) is 16.2. The Kier molecular flexibility index (Phi) is 3.08. The topological polar surface area (TPSA) is 80.1 Å². The highest BCUT2D eigenvalue weighted by Crippen LogP contribution is 2.40. The normalized spacial score (nSPS) is 25.0. The van der Waals surface area contributed by atoms with Gasteiger partial charge in [-0.15, -0.1) is 0 Å². The first-order chi connectivity index (χ1) is 11.0. The molecule has 2 aromatic heterocycles. The molecule has 0 saturated heterocycles. The largest absolute Gasteiger partial charge is 0.442 e. The predicted octanol–water partition coefficient (Wildman–Crippen LogP) is 2.73. The van der Waals surface area contributed by atoms with Crippen LogP contribution in [0.5, 0.6) is 0 Å².